The van der Waals surface area contributed by atoms with Gasteiger partial charge < -0.3 is 20.1 Å². The van der Waals surface area contributed by atoms with E-state index >= 15 is 0 Å². The van der Waals surface area contributed by atoms with E-state index in [1.807, 2.05) is 41.5 Å². The summed E-state index contributed by atoms with van der Waals surface area (Å²) in [4.78, 5) is 23.6. The van der Waals surface area contributed by atoms with Crippen LogP contribution < -0.4 is 10.6 Å². The van der Waals surface area contributed by atoms with Gasteiger partial charge in [-0.2, -0.15) is 0 Å². The van der Waals surface area contributed by atoms with Crippen LogP contribution in [-0.2, 0) is 9.47 Å². The Hall–Kier alpha value is -1.46. The number of hydrogen-bond acceptors (Lipinski definition) is 4. The van der Waals surface area contributed by atoms with Crippen molar-refractivity contribution in [2.75, 3.05) is 0 Å². The quantitative estimate of drug-likeness (QED) is 0.819. The average Bonchev–Trinajstić information content (AvgIpc) is 2.22. The van der Waals surface area contributed by atoms with Gasteiger partial charge in [0.1, 0.15) is 11.2 Å². The topological polar surface area (TPSA) is 76.7 Å². The molecule has 0 aromatic rings. The van der Waals surface area contributed by atoms with Crippen molar-refractivity contribution < 1.29 is 19.1 Å². The molecule has 0 aliphatic heterocycles. The number of hydrogen-bond donors (Lipinski definition) is 2. The smallest absolute Gasteiger partial charge is 0.407 e. The first-order chi connectivity index (χ1) is 9.94. The second-order valence-corrected chi connectivity index (χ2v) is 7.85. The van der Waals surface area contributed by atoms with Gasteiger partial charge in [-0.25, -0.2) is 9.59 Å². The molecule has 22 heavy (non-hydrogen) atoms. The summed E-state index contributed by atoms with van der Waals surface area (Å²) in [7, 11) is 0. The molecule has 0 aromatic heterocycles. The molecule has 0 radical (unpaired) electrons. The van der Waals surface area contributed by atoms with E-state index in [1.54, 1.807) is 0 Å². The minimum atomic E-state index is -0.507. The van der Waals surface area contributed by atoms with E-state index in [0.717, 1.165) is 19.3 Å². The third-order valence-electron chi connectivity index (χ3n) is 3.12. The zero-order valence-corrected chi connectivity index (χ0v) is 14.6. The molecule has 0 aromatic carbocycles. The van der Waals surface area contributed by atoms with Gasteiger partial charge >= 0.3 is 12.2 Å². The summed E-state index contributed by atoms with van der Waals surface area (Å²) in [6.07, 6.45) is 2.61. The number of nitrogens with one attached hydrogen (secondary N) is 2. The zero-order valence-electron chi connectivity index (χ0n) is 14.6. The molecular formula is C16H30N2O4. The van der Waals surface area contributed by atoms with Crippen molar-refractivity contribution in [1.29, 1.82) is 0 Å². The average molecular weight is 314 g/mol. The Labute approximate surface area is 133 Å². The minimum Gasteiger partial charge on any atom is -0.444 e. The van der Waals surface area contributed by atoms with Crippen LogP contribution in [0, 0.1) is 0 Å². The summed E-state index contributed by atoms with van der Waals surface area (Å²) >= 11 is 0. The van der Waals surface area contributed by atoms with Crippen molar-refractivity contribution in [3.8, 4) is 0 Å². The number of ether oxygens (including phenoxy) is 2. The van der Waals surface area contributed by atoms with Crippen LogP contribution in [0.1, 0.15) is 67.2 Å². The van der Waals surface area contributed by atoms with Gasteiger partial charge in [0.15, 0.2) is 0 Å². The lowest BCUT2D eigenvalue weighted by Crippen LogP contribution is -2.47. The summed E-state index contributed by atoms with van der Waals surface area (Å²) in [5.74, 6) is 0. The maximum Gasteiger partial charge on any atom is 0.407 e. The fourth-order valence-electron chi connectivity index (χ4n) is 2.40. The van der Waals surface area contributed by atoms with E-state index < -0.39 is 23.4 Å². The summed E-state index contributed by atoms with van der Waals surface area (Å²) in [6.45, 7) is 11.0. The predicted molar refractivity (Wildman–Crippen MR) is 84.8 cm³/mol. The SMILES string of the molecule is CC(C)(C)OC(=O)NC1CCCC(NC(=O)OC(C)(C)C)C1. The van der Waals surface area contributed by atoms with Gasteiger partial charge in [-0.3, -0.25) is 0 Å². The van der Waals surface area contributed by atoms with Gasteiger partial charge in [0, 0.05) is 12.1 Å². The van der Waals surface area contributed by atoms with Gasteiger partial charge in [0.05, 0.1) is 0 Å². The van der Waals surface area contributed by atoms with Crippen LogP contribution in [0.3, 0.4) is 0 Å². The van der Waals surface area contributed by atoms with E-state index in [2.05, 4.69) is 10.6 Å². The van der Waals surface area contributed by atoms with E-state index in [9.17, 15) is 9.59 Å². The first kappa shape index (κ1) is 18.6. The van der Waals surface area contributed by atoms with Crippen LogP contribution >= 0.6 is 0 Å². The van der Waals surface area contributed by atoms with Crippen LogP contribution in [0.5, 0.6) is 0 Å². The minimum absolute atomic E-state index is 0.0172. The lowest BCUT2D eigenvalue weighted by atomic mass is 9.91. The fraction of sp³-hybridized carbons (Fsp3) is 0.875. The highest BCUT2D eigenvalue weighted by molar-refractivity contribution is 5.69. The highest BCUT2D eigenvalue weighted by Crippen LogP contribution is 2.20. The second-order valence-electron chi connectivity index (χ2n) is 7.85. The third kappa shape index (κ3) is 8.10. The van der Waals surface area contributed by atoms with Crippen molar-refractivity contribution >= 4 is 12.2 Å². The molecule has 0 bridgehead atoms. The Balaban J connectivity index is 2.41. The van der Waals surface area contributed by atoms with Gasteiger partial charge in [-0.05, 0) is 67.2 Å². The molecule has 2 atom stereocenters. The molecule has 6 nitrogen and oxygen atoms in total. The molecule has 1 aliphatic carbocycles. The van der Waals surface area contributed by atoms with Crippen LogP contribution in [0.15, 0.2) is 0 Å². The zero-order chi connectivity index (χ0) is 17.0. The largest absolute Gasteiger partial charge is 0.444 e. The van der Waals surface area contributed by atoms with Gasteiger partial charge in [-0.15, -0.1) is 0 Å². The molecule has 1 fully saturated rings. The Morgan fingerprint density at radius 2 is 1.18 bits per heavy atom. The van der Waals surface area contributed by atoms with Crippen molar-refractivity contribution in [3.05, 3.63) is 0 Å². The molecule has 0 heterocycles. The highest BCUT2D eigenvalue weighted by Gasteiger charge is 2.27. The predicted octanol–water partition coefficient (Wildman–Crippen LogP) is 3.35. The Bertz CT molecular complexity index is 360. The summed E-state index contributed by atoms with van der Waals surface area (Å²) < 4.78 is 10.5. The van der Waals surface area contributed by atoms with Crippen LogP contribution in [0.25, 0.3) is 0 Å². The van der Waals surface area contributed by atoms with Crippen LogP contribution in [-0.4, -0.2) is 35.5 Å². The van der Waals surface area contributed by atoms with Gasteiger partial charge in [0.2, 0.25) is 0 Å². The molecule has 1 rings (SSSR count). The van der Waals surface area contributed by atoms with E-state index in [0.29, 0.717) is 6.42 Å². The number of amides is 2. The lowest BCUT2D eigenvalue weighted by Gasteiger charge is -2.31. The Morgan fingerprint density at radius 3 is 1.50 bits per heavy atom. The second kappa shape index (κ2) is 7.20. The maximum absolute atomic E-state index is 11.8. The van der Waals surface area contributed by atoms with E-state index in [1.165, 1.54) is 0 Å². The Kier molecular flexibility index (Phi) is 6.08. The van der Waals surface area contributed by atoms with E-state index in [4.69, 9.17) is 9.47 Å². The summed E-state index contributed by atoms with van der Waals surface area (Å²) in [5, 5.41) is 5.75. The molecule has 128 valence electrons. The van der Waals surface area contributed by atoms with Crippen molar-refractivity contribution in [2.45, 2.75) is 90.5 Å². The molecule has 1 aliphatic rings. The van der Waals surface area contributed by atoms with Crippen molar-refractivity contribution in [2.24, 2.45) is 0 Å². The highest BCUT2D eigenvalue weighted by atomic mass is 16.6. The molecule has 2 N–H and O–H groups in total. The third-order valence-corrected chi connectivity index (χ3v) is 3.12. The first-order valence-corrected chi connectivity index (χ1v) is 7.94. The number of carbonyl (C=O) groups is 2. The molecule has 2 unspecified atom stereocenters. The standard InChI is InChI=1S/C16H30N2O4/c1-15(2,3)21-13(19)17-11-8-7-9-12(10-11)18-14(20)22-16(4,5)6/h11-12H,7-10H2,1-6H3,(H,17,19)(H,18,20). The van der Waals surface area contributed by atoms with Gasteiger partial charge in [0.25, 0.3) is 0 Å². The normalized spacial score (nSPS) is 22.6. The van der Waals surface area contributed by atoms with Crippen LogP contribution in [0.4, 0.5) is 9.59 Å². The monoisotopic (exact) mass is 314 g/mol. The Morgan fingerprint density at radius 1 is 0.818 bits per heavy atom. The number of carbonyl (C=O) groups excluding carboxylic acids is 2. The first-order valence-electron chi connectivity index (χ1n) is 7.94. The van der Waals surface area contributed by atoms with Gasteiger partial charge in [-0.1, -0.05) is 0 Å². The fourth-order valence-corrected chi connectivity index (χ4v) is 2.40. The van der Waals surface area contributed by atoms with Crippen molar-refractivity contribution in [3.63, 3.8) is 0 Å². The molecule has 6 heteroatoms. The lowest BCUT2D eigenvalue weighted by molar-refractivity contribution is 0.0463. The molecule has 2 amide bonds. The summed E-state index contributed by atoms with van der Waals surface area (Å²) in [6, 6.07) is 0.0343. The molecule has 0 saturated heterocycles. The van der Waals surface area contributed by atoms with Crippen LogP contribution in [0.2, 0.25) is 0 Å². The number of rotatable bonds is 2. The molecule has 0 spiro atoms. The molecular weight excluding hydrogens is 284 g/mol. The summed E-state index contributed by atoms with van der Waals surface area (Å²) in [5.41, 5.74) is -1.01. The number of alkyl carbamates (subject to hydrolysis) is 2. The van der Waals surface area contributed by atoms with Crippen molar-refractivity contribution in [1.82, 2.24) is 10.6 Å². The maximum atomic E-state index is 11.8. The van der Waals surface area contributed by atoms with E-state index in [-0.39, 0.29) is 12.1 Å². The molecule has 1 saturated carbocycles.